The van der Waals surface area contributed by atoms with Crippen molar-refractivity contribution < 1.29 is 29.3 Å². The molecule has 0 radical (unpaired) electrons. The van der Waals surface area contributed by atoms with Crippen LogP contribution >= 0.6 is 0 Å². The molecule has 1 fully saturated rings. The van der Waals surface area contributed by atoms with Gasteiger partial charge in [-0.25, -0.2) is 9.59 Å². The van der Waals surface area contributed by atoms with Gasteiger partial charge in [-0.05, 0) is 30.5 Å². The summed E-state index contributed by atoms with van der Waals surface area (Å²) >= 11 is 0. The van der Waals surface area contributed by atoms with Gasteiger partial charge in [-0.15, -0.1) is 0 Å². The van der Waals surface area contributed by atoms with Gasteiger partial charge in [-0.1, -0.05) is 60.7 Å². The highest BCUT2D eigenvalue weighted by Gasteiger charge is 2.27. The van der Waals surface area contributed by atoms with Crippen molar-refractivity contribution in [3.8, 4) is 0 Å². The lowest BCUT2D eigenvalue weighted by Crippen LogP contribution is -2.44. The molecule has 2 aromatic carbocycles. The van der Waals surface area contributed by atoms with E-state index >= 15 is 0 Å². The van der Waals surface area contributed by atoms with Crippen molar-refractivity contribution in [2.45, 2.75) is 38.0 Å². The third kappa shape index (κ3) is 8.10. The Morgan fingerprint density at radius 1 is 1.03 bits per heavy atom. The van der Waals surface area contributed by atoms with Crippen LogP contribution in [0.25, 0.3) is 0 Å². The van der Waals surface area contributed by atoms with E-state index in [0.29, 0.717) is 0 Å². The van der Waals surface area contributed by atoms with Crippen LogP contribution in [0.3, 0.4) is 0 Å². The van der Waals surface area contributed by atoms with Crippen molar-refractivity contribution in [3.63, 3.8) is 0 Å². The number of carboxylic acid groups (broad SMARTS) is 2. The first-order valence-electron chi connectivity index (χ1n) is 10.0. The molecule has 1 aliphatic heterocycles. The Morgan fingerprint density at radius 3 is 2.06 bits per heavy atom. The summed E-state index contributed by atoms with van der Waals surface area (Å²) < 4.78 is 5.18. The molecule has 8 nitrogen and oxygen atoms in total. The van der Waals surface area contributed by atoms with E-state index in [4.69, 9.17) is 9.84 Å². The number of nitrogens with zero attached hydrogens (tertiary/aromatic N) is 1. The summed E-state index contributed by atoms with van der Waals surface area (Å²) in [5.74, 6) is -1.78. The standard InChI is InChI=1S/C18H19NO4.C5H9NO2/c1-19(18(22)23-13-15-10-6-3-7-11-15)16(17(20)21)12-14-8-4-2-5-9-14;7-5(8)4-2-1-3-6-4/h2-11,16H,12-13H2,1H3,(H,20,21);4,6H,1-3H2,(H,7,8)/t16-;4-/m10/s1. The zero-order valence-electron chi connectivity index (χ0n) is 17.4. The zero-order chi connectivity index (χ0) is 22.6. The predicted molar refractivity (Wildman–Crippen MR) is 115 cm³/mol. The molecular formula is C23H28N2O6. The minimum atomic E-state index is -1.06. The van der Waals surface area contributed by atoms with Crippen molar-refractivity contribution in [2.24, 2.45) is 0 Å². The normalized spacial score (nSPS) is 15.8. The summed E-state index contributed by atoms with van der Waals surface area (Å²) in [6.07, 6.45) is 1.36. The molecule has 8 heteroatoms. The first-order valence-corrected chi connectivity index (χ1v) is 10.0. The van der Waals surface area contributed by atoms with Gasteiger partial charge in [0.05, 0.1) is 0 Å². The number of hydrogen-bond acceptors (Lipinski definition) is 5. The SMILES string of the molecule is CN(C(=O)OCc1ccccc1)[C@H](Cc1ccccc1)C(=O)O.O=C(O)[C@@H]1CCCN1. The average Bonchev–Trinajstić information content (AvgIpc) is 3.32. The molecule has 3 rings (SSSR count). The van der Waals surface area contributed by atoms with Crippen LogP contribution in [0.1, 0.15) is 24.0 Å². The van der Waals surface area contributed by atoms with Gasteiger partial charge in [-0.2, -0.15) is 0 Å². The smallest absolute Gasteiger partial charge is 0.410 e. The molecule has 31 heavy (non-hydrogen) atoms. The number of hydrogen-bond donors (Lipinski definition) is 3. The third-order valence-corrected chi connectivity index (χ3v) is 4.88. The Morgan fingerprint density at radius 2 is 1.61 bits per heavy atom. The summed E-state index contributed by atoms with van der Waals surface area (Å²) in [6, 6.07) is 17.2. The van der Waals surface area contributed by atoms with E-state index < -0.39 is 24.1 Å². The van der Waals surface area contributed by atoms with E-state index in [-0.39, 0.29) is 19.1 Å². The van der Waals surface area contributed by atoms with Gasteiger partial charge in [0, 0.05) is 13.5 Å². The van der Waals surface area contributed by atoms with E-state index in [0.717, 1.165) is 35.4 Å². The first-order chi connectivity index (χ1) is 14.9. The highest BCUT2D eigenvalue weighted by atomic mass is 16.6. The first kappa shape index (κ1) is 23.9. The minimum absolute atomic E-state index is 0.113. The predicted octanol–water partition coefficient (Wildman–Crippen LogP) is 2.77. The number of carbonyl (C=O) groups excluding carboxylic acids is 1. The maximum Gasteiger partial charge on any atom is 0.410 e. The quantitative estimate of drug-likeness (QED) is 0.621. The molecule has 0 saturated carbocycles. The molecule has 1 saturated heterocycles. The number of benzene rings is 2. The lowest BCUT2D eigenvalue weighted by molar-refractivity contribution is -0.142. The van der Waals surface area contributed by atoms with Gasteiger partial charge in [0.15, 0.2) is 0 Å². The van der Waals surface area contributed by atoms with Crippen molar-refractivity contribution in [1.29, 1.82) is 0 Å². The summed E-state index contributed by atoms with van der Waals surface area (Å²) in [4.78, 5) is 34.8. The Labute approximate surface area is 181 Å². The molecule has 0 aliphatic carbocycles. The van der Waals surface area contributed by atoms with Crippen LogP contribution in [-0.4, -0.2) is 58.8 Å². The number of ether oxygens (including phenoxy) is 1. The fourth-order valence-corrected chi connectivity index (χ4v) is 3.07. The van der Waals surface area contributed by atoms with E-state index in [1.165, 1.54) is 7.05 Å². The fraction of sp³-hybridized carbons (Fsp3) is 0.348. The van der Waals surface area contributed by atoms with Gasteiger partial charge in [0.2, 0.25) is 0 Å². The molecular weight excluding hydrogens is 400 g/mol. The molecule has 166 valence electrons. The number of carbonyl (C=O) groups is 3. The number of amides is 1. The molecule has 2 aromatic rings. The van der Waals surface area contributed by atoms with Gasteiger partial charge in [-0.3, -0.25) is 9.69 Å². The number of likely N-dealkylation sites (N-methyl/N-ethyl adjacent to an activating group) is 1. The second kappa shape index (κ2) is 12.3. The second-order valence-electron chi connectivity index (χ2n) is 7.18. The molecule has 1 amide bonds. The van der Waals surface area contributed by atoms with Crippen molar-refractivity contribution in [3.05, 3.63) is 71.8 Å². The molecule has 1 heterocycles. The lowest BCUT2D eigenvalue weighted by atomic mass is 10.1. The van der Waals surface area contributed by atoms with Gasteiger partial charge < -0.3 is 20.3 Å². The van der Waals surface area contributed by atoms with E-state index in [1.54, 1.807) is 0 Å². The maximum absolute atomic E-state index is 12.1. The topological polar surface area (TPSA) is 116 Å². The lowest BCUT2D eigenvalue weighted by Gasteiger charge is -2.24. The average molecular weight is 428 g/mol. The van der Waals surface area contributed by atoms with Crippen LogP contribution in [0.4, 0.5) is 4.79 Å². The zero-order valence-corrected chi connectivity index (χ0v) is 17.4. The maximum atomic E-state index is 12.1. The number of nitrogens with one attached hydrogen (secondary N) is 1. The Balaban J connectivity index is 0.000000357. The number of rotatable bonds is 7. The molecule has 0 aromatic heterocycles. The molecule has 3 N–H and O–H groups in total. The van der Waals surface area contributed by atoms with Crippen LogP contribution in [0.15, 0.2) is 60.7 Å². The molecule has 2 atom stereocenters. The van der Waals surface area contributed by atoms with E-state index in [9.17, 15) is 19.5 Å². The Hall–Kier alpha value is -3.39. The minimum Gasteiger partial charge on any atom is -0.480 e. The van der Waals surface area contributed by atoms with E-state index in [2.05, 4.69) is 5.32 Å². The van der Waals surface area contributed by atoms with Gasteiger partial charge in [0.25, 0.3) is 0 Å². The molecule has 0 bridgehead atoms. The van der Waals surface area contributed by atoms with Crippen molar-refractivity contribution in [2.75, 3.05) is 13.6 Å². The highest BCUT2D eigenvalue weighted by molar-refractivity contribution is 5.80. The van der Waals surface area contributed by atoms with Crippen LogP contribution in [0.2, 0.25) is 0 Å². The van der Waals surface area contributed by atoms with Gasteiger partial charge in [0.1, 0.15) is 18.7 Å². The van der Waals surface area contributed by atoms with Crippen molar-refractivity contribution >= 4 is 18.0 Å². The Bertz CT molecular complexity index is 838. The monoisotopic (exact) mass is 428 g/mol. The van der Waals surface area contributed by atoms with Gasteiger partial charge >= 0.3 is 18.0 Å². The third-order valence-electron chi connectivity index (χ3n) is 4.88. The molecule has 0 spiro atoms. The van der Waals surface area contributed by atoms with Crippen LogP contribution in [0, 0.1) is 0 Å². The van der Waals surface area contributed by atoms with Crippen LogP contribution in [0.5, 0.6) is 0 Å². The Kier molecular flexibility index (Phi) is 9.51. The number of carboxylic acids is 2. The number of aliphatic carboxylic acids is 2. The molecule has 1 aliphatic rings. The summed E-state index contributed by atoms with van der Waals surface area (Å²) in [7, 11) is 1.44. The summed E-state index contributed by atoms with van der Waals surface area (Å²) in [5, 5.41) is 20.6. The van der Waals surface area contributed by atoms with E-state index in [1.807, 2.05) is 60.7 Å². The molecule has 0 unspecified atom stereocenters. The fourth-order valence-electron chi connectivity index (χ4n) is 3.07. The van der Waals surface area contributed by atoms with Crippen molar-refractivity contribution in [1.82, 2.24) is 10.2 Å². The van der Waals surface area contributed by atoms with Crippen LogP contribution < -0.4 is 5.32 Å². The summed E-state index contributed by atoms with van der Waals surface area (Å²) in [5.41, 5.74) is 1.70. The summed E-state index contributed by atoms with van der Waals surface area (Å²) in [6.45, 7) is 0.971. The highest BCUT2D eigenvalue weighted by Crippen LogP contribution is 2.11. The second-order valence-corrected chi connectivity index (χ2v) is 7.18. The van der Waals surface area contributed by atoms with Crippen LogP contribution in [-0.2, 0) is 27.4 Å². The largest absolute Gasteiger partial charge is 0.480 e.